The third-order valence-electron chi connectivity index (χ3n) is 2.21. The molecule has 0 saturated heterocycles. The fourth-order valence-electron chi connectivity index (χ4n) is 1.19. The normalized spacial score (nSPS) is 12.2. The highest BCUT2D eigenvalue weighted by molar-refractivity contribution is 9.10. The van der Waals surface area contributed by atoms with E-state index in [9.17, 15) is 9.18 Å². The van der Waals surface area contributed by atoms with Crippen LogP contribution in [0.2, 0.25) is 0 Å². The first-order chi connectivity index (χ1) is 7.60. The van der Waals surface area contributed by atoms with E-state index >= 15 is 0 Å². The average Bonchev–Trinajstić information content (AvgIpc) is 2.29. The van der Waals surface area contributed by atoms with Gasteiger partial charge in [-0.05, 0) is 34.5 Å². The van der Waals surface area contributed by atoms with Gasteiger partial charge in [-0.25, -0.2) is 4.39 Å². The molecule has 0 aromatic heterocycles. The monoisotopic (exact) mass is 351 g/mol. The molecule has 5 heteroatoms. The summed E-state index contributed by atoms with van der Waals surface area (Å²) in [6.07, 6.45) is 0.823. The van der Waals surface area contributed by atoms with Crippen LogP contribution in [0.15, 0.2) is 22.7 Å². The van der Waals surface area contributed by atoms with Crippen molar-refractivity contribution in [3.8, 4) is 0 Å². The van der Waals surface area contributed by atoms with Crippen molar-refractivity contribution in [2.24, 2.45) is 0 Å². The van der Waals surface area contributed by atoms with Crippen LogP contribution in [0.1, 0.15) is 23.7 Å². The van der Waals surface area contributed by atoms with E-state index in [0.717, 1.165) is 6.42 Å². The quantitative estimate of drug-likeness (QED) is 0.825. The van der Waals surface area contributed by atoms with Gasteiger partial charge in [-0.15, -0.1) is 0 Å². The van der Waals surface area contributed by atoms with Gasteiger partial charge in [0.25, 0.3) is 5.91 Å². The fourth-order valence-corrected chi connectivity index (χ4v) is 2.26. The number of rotatable bonds is 4. The van der Waals surface area contributed by atoms with Gasteiger partial charge in [-0.2, -0.15) is 0 Å². The maximum Gasteiger partial charge on any atom is 0.252 e. The molecule has 0 fully saturated rings. The third-order valence-corrected chi connectivity index (χ3v) is 3.80. The molecule has 2 nitrogen and oxygen atoms in total. The van der Waals surface area contributed by atoms with Gasteiger partial charge in [0, 0.05) is 11.4 Å². The van der Waals surface area contributed by atoms with Crippen LogP contribution in [0.3, 0.4) is 0 Å². The summed E-state index contributed by atoms with van der Waals surface area (Å²) < 4.78 is 13.4. The Hall–Kier alpha value is -0.420. The lowest BCUT2D eigenvalue weighted by atomic mass is 10.2. The molecule has 0 radical (unpaired) electrons. The van der Waals surface area contributed by atoms with Crippen molar-refractivity contribution in [3.63, 3.8) is 0 Å². The second-order valence-corrected chi connectivity index (χ2v) is 4.77. The van der Waals surface area contributed by atoms with Crippen molar-refractivity contribution in [1.29, 1.82) is 0 Å². The number of amides is 1. The van der Waals surface area contributed by atoms with E-state index in [1.807, 2.05) is 6.92 Å². The molecule has 0 aliphatic heterocycles. The number of carbonyl (C=O) groups is 1. The first-order valence-electron chi connectivity index (χ1n) is 4.91. The topological polar surface area (TPSA) is 29.1 Å². The van der Waals surface area contributed by atoms with Crippen molar-refractivity contribution < 1.29 is 9.18 Å². The van der Waals surface area contributed by atoms with Gasteiger partial charge in [-0.3, -0.25) is 4.79 Å². The number of hydrogen-bond acceptors (Lipinski definition) is 1. The van der Waals surface area contributed by atoms with Crippen LogP contribution in [-0.4, -0.2) is 17.3 Å². The summed E-state index contributed by atoms with van der Waals surface area (Å²) in [6, 6.07) is 4.47. The molecule has 1 aromatic rings. The van der Waals surface area contributed by atoms with Gasteiger partial charge in [-0.1, -0.05) is 28.9 Å². The van der Waals surface area contributed by atoms with Crippen LogP contribution in [0.4, 0.5) is 4.39 Å². The summed E-state index contributed by atoms with van der Waals surface area (Å²) in [6.45, 7) is 1.98. The molecule has 1 atom stereocenters. The van der Waals surface area contributed by atoms with Crippen molar-refractivity contribution in [3.05, 3.63) is 34.1 Å². The maximum atomic E-state index is 13.2. The molecule has 0 heterocycles. The van der Waals surface area contributed by atoms with E-state index < -0.39 is 5.82 Å². The molecule has 88 valence electrons. The molecule has 0 spiro atoms. The van der Waals surface area contributed by atoms with E-state index in [1.165, 1.54) is 12.1 Å². The fraction of sp³-hybridized carbons (Fsp3) is 0.364. The molecular formula is C11H12Br2FNO. The highest BCUT2D eigenvalue weighted by Gasteiger charge is 2.15. The van der Waals surface area contributed by atoms with Gasteiger partial charge < -0.3 is 5.32 Å². The zero-order chi connectivity index (χ0) is 12.1. The minimum atomic E-state index is -0.431. The van der Waals surface area contributed by atoms with Crippen LogP contribution in [0.5, 0.6) is 0 Å². The predicted molar refractivity (Wildman–Crippen MR) is 69.4 cm³/mol. The van der Waals surface area contributed by atoms with Crippen LogP contribution in [0.25, 0.3) is 0 Å². The van der Waals surface area contributed by atoms with Crippen molar-refractivity contribution >= 4 is 37.8 Å². The smallest absolute Gasteiger partial charge is 0.252 e. The Morgan fingerprint density at radius 1 is 1.56 bits per heavy atom. The summed E-state index contributed by atoms with van der Waals surface area (Å²) >= 11 is 6.38. The standard InChI is InChI=1S/C11H12Br2FNO/c1-2-7(6-12)15-11(16)8-4-3-5-9(14)10(8)13/h3-5,7H,2,6H2,1H3,(H,15,16). The molecular weight excluding hydrogens is 341 g/mol. The minimum absolute atomic E-state index is 0.0580. The molecule has 1 N–H and O–H groups in total. The Bertz CT molecular complexity index is 380. The Kier molecular flexibility index (Phi) is 5.41. The zero-order valence-corrected chi connectivity index (χ0v) is 11.9. The van der Waals surface area contributed by atoms with Crippen LogP contribution < -0.4 is 5.32 Å². The first kappa shape index (κ1) is 13.6. The van der Waals surface area contributed by atoms with E-state index in [2.05, 4.69) is 37.2 Å². The molecule has 16 heavy (non-hydrogen) atoms. The Morgan fingerprint density at radius 2 is 2.25 bits per heavy atom. The van der Waals surface area contributed by atoms with Crippen LogP contribution in [-0.2, 0) is 0 Å². The Balaban J connectivity index is 2.84. The second-order valence-electron chi connectivity index (χ2n) is 3.33. The summed E-state index contributed by atoms with van der Waals surface area (Å²) in [5.41, 5.74) is 0.319. The lowest BCUT2D eigenvalue weighted by molar-refractivity contribution is 0.0939. The maximum absolute atomic E-state index is 13.2. The van der Waals surface area contributed by atoms with Gasteiger partial charge in [0.05, 0.1) is 10.0 Å². The number of alkyl halides is 1. The van der Waals surface area contributed by atoms with Crippen molar-refractivity contribution in [2.45, 2.75) is 19.4 Å². The number of benzene rings is 1. The molecule has 0 bridgehead atoms. The first-order valence-corrected chi connectivity index (χ1v) is 6.82. The lowest BCUT2D eigenvalue weighted by Crippen LogP contribution is -2.35. The number of carbonyl (C=O) groups excluding carboxylic acids is 1. The lowest BCUT2D eigenvalue weighted by Gasteiger charge is -2.14. The van der Waals surface area contributed by atoms with E-state index in [-0.39, 0.29) is 16.4 Å². The largest absolute Gasteiger partial charge is 0.348 e. The highest BCUT2D eigenvalue weighted by atomic mass is 79.9. The third kappa shape index (κ3) is 3.28. The SMILES string of the molecule is CCC(CBr)NC(=O)c1cccc(F)c1Br. The van der Waals surface area contributed by atoms with Gasteiger partial charge in [0.15, 0.2) is 0 Å². The summed E-state index contributed by atoms with van der Waals surface area (Å²) in [4.78, 5) is 11.8. The number of hydrogen-bond donors (Lipinski definition) is 1. The summed E-state index contributed by atoms with van der Waals surface area (Å²) in [5, 5.41) is 3.50. The number of halogens is 3. The van der Waals surface area contributed by atoms with Gasteiger partial charge >= 0.3 is 0 Å². The average molecular weight is 353 g/mol. The summed E-state index contributed by atoms with van der Waals surface area (Å²) in [5.74, 6) is -0.697. The molecule has 1 unspecified atom stereocenters. The highest BCUT2D eigenvalue weighted by Crippen LogP contribution is 2.20. The molecule has 1 amide bonds. The van der Waals surface area contributed by atoms with Crippen LogP contribution in [0, 0.1) is 5.82 Å². The number of nitrogens with one attached hydrogen (secondary N) is 1. The molecule has 0 saturated carbocycles. The Labute approximate surface area is 111 Å². The molecule has 0 aliphatic rings. The van der Waals surface area contributed by atoms with Gasteiger partial charge in [0.2, 0.25) is 0 Å². The van der Waals surface area contributed by atoms with Crippen molar-refractivity contribution in [1.82, 2.24) is 5.32 Å². The molecule has 1 rings (SSSR count). The van der Waals surface area contributed by atoms with E-state index in [4.69, 9.17) is 0 Å². The van der Waals surface area contributed by atoms with E-state index in [1.54, 1.807) is 6.07 Å². The molecule has 1 aromatic carbocycles. The zero-order valence-electron chi connectivity index (χ0n) is 8.77. The second kappa shape index (κ2) is 6.35. The van der Waals surface area contributed by atoms with E-state index in [0.29, 0.717) is 10.9 Å². The Morgan fingerprint density at radius 3 is 2.81 bits per heavy atom. The minimum Gasteiger partial charge on any atom is -0.348 e. The van der Waals surface area contributed by atoms with Crippen molar-refractivity contribution in [2.75, 3.05) is 5.33 Å². The van der Waals surface area contributed by atoms with Crippen LogP contribution >= 0.6 is 31.9 Å². The predicted octanol–water partition coefficient (Wildman–Crippen LogP) is 3.49. The molecule has 0 aliphatic carbocycles. The van der Waals surface area contributed by atoms with Gasteiger partial charge in [0.1, 0.15) is 5.82 Å². The summed E-state index contributed by atoms with van der Waals surface area (Å²) in [7, 11) is 0.